The van der Waals surface area contributed by atoms with Crippen molar-refractivity contribution >= 4 is 11.9 Å². The molecule has 2 atom stereocenters. The van der Waals surface area contributed by atoms with E-state index in [-0.39, 0.29) is 6.42 Å². The van der Waals surface area contributed by atoms with E-state index in [1.165, 1.54) is 6.92 Å². The Balaban J connectivity index is 2.39. The molecule has 32 heavy (non-hydrogen) atoms. The van der Waals surface area contributed by atoms with E-state index in [1.54, 1.807) is 0 Å². The predicted octanol–water partition coefficient (Wildman–Crippen LogP) is 0.416. The second kappa shape index (κ2) is 7.98. The van der Waals surface area contributed by atoms with Crippen LogP contribution in [0.25, 0.3) is 11.1 Å². The third-order valence-electron chi connectivity index (χ3n) is 5.30. The Labute approximate surface area is 179 Å². The van der Waals surface area contributed by atoms with Crippen LogP contribution in [0.4, 0.5) is 0 Å². The Morgan fingerprint density at radius 3 is 1.78 bits per heavy atom. The van der Waals surface area contributed by atoms with Gasteiger partial charge in [0.25, 0.3) is 0 Å². The number of ether oxygens (including phenoxy) is 2. The number of rotatable bonds is 3. The lowest BCUT2D eigenvalue weighted by Crippen LogP contribution is -2.50. The Morgan fingerprint density at radius 1 is 0.875 bits per heavy atom. The van der Waals surface area contributed by atoms with Gasteiger partial charge in [0.2, 0.25) is 11.5 Å². The van der Waals surface area contributed by atoms with Gasteiger partial charge in [-0.15, -0.1) is 0 Å². The molecule has 0 spiro atoms. The molecule has 0 aromatic heterocycles. The monoisotopic (exact) mass is 452 g/mol. The number of benzene rings is 2. The van der Waals surface area contributed by atoms with Gasteiger partial charge in [0.1, 0.15) is 12.2 Å². The van der Waals surface area contributed by atoms with Gasteiger partial charge < -0.3 is 50.3 Å². The molecule has 0 aliphatic carbocycles. The standard InChI is InChI=1S/C20H20O12/c1-2-20(30,6-21)11-5-31-18(28)7-3-9(22)14(24)16(26)12(7)13-8(19(29)32-11)4-10(23)15(25)17(13)27/h3-4,11,21-27,30H,2,5-6H2,1H3/t11-,20?/m0/s1. The average Bonchev–Trinajstić information content (AvgIpc) is 2.77. The number of carbonyl (C=O) groups is 2. The number of hydrogen-bond acceptors (Lipinski definition) is 12. The fraction of sp³-hybridized carbons (Fsp3) is 0.300. The maximum Gasteiger partial charge on any atom is 0.339 e. The highest BCUT2D eigenvalue weighted by Gasteiger charge is 2.41. The molecule has 1 heterocycles. The average molecular weight is 452 g/mol. The van der Waals surface area contributed by atoms with Crippen molar-refractivity contribution in [1.82, 2.24) is 0 Å². The molecule has 0 saturated carbocycles. The van der Waals surface area contributed by atoms with E-state index in [2.05, 4.69) is 0 Å². The minimum atomic E-state index is -2.04. The smallest absolute Gasteiger partial charge is 0.339 e. The summed E-state index contributed by atoms with van der Waals surface area (Å²) < 4.78 is 10.2. The highest BCUT2D eigenvalue weighted by atomic mass is 16.6. The number of aliphatic hydroxyl groups is 2. The van der Waals surface area contributed by atoms with Crippen LogP contribution in [0.2, 0.25) is 0 Å². The molecule has 0 fully saturated rings. The first-order valence-electron chi connectivity index (χ1n) is 9.24. The number of aromatic hydroxyl groups is 6. The summed E-state index contributed by atoms with van der Waals surface area (Å²) in [6.07, 6.45) is -1.75. The second-order valence-corrected chi connectivity index (χ2v) is 7.14. The van der Waals surface area contributed by atoms with Gasteiger partial charge in [-0.05, 0) is 18.6 Å². The van der Waals surface area contributed by atoms with Crippen molar-refractivity contribution in [2.75, 3.05) is 13.2 Å². The van der Waals surface area contributed by atoms with Crippen LogP contribution in [0.3, 0.4) is 0 Å². The van der Waals surface area contributed by atoms with Gasteiger partial charge in [-0.25, -0.2) is 9.59 Å². The molecule has 1 unspecified atom stereocenters. The molecule has 1 aliphatic rings. The van der Waals surface area contributed by atoms with Gasteiger partial charge in [0, 0.05) is 11.1 Å². The van der Waals surface area contributed by atoms with Gasteiger partial charge in [-0.2, -0.15) is 0 Å². The number of cyclic esters (lactones) is 2. The number of phenolic OH excluding ortho intramolecular Hbond substituents is 6. The molecule has 1 aliphatic heterocycles. The Hall–Kier alpha value is -3.90. The summed E-state index contributed by atoms with van der Waals surface area (Å²) in [6.45, 7) is -0.185. The van der Waals surface area contributed by atoms with Crippen molar-refractivity contribution in [2.24, 2.45) is 0 Å². The minimum absolute atomic E-state index is 0.135. The fourth-order valence-electron chi connectivity index (χ4n) is 3.28. The van der Waals surface area contributed by atoms with E-state index in [9.17, 15) is 50.4 Å². The molecular weight excluding hydrogens is 432 g/mol. The van der Waals surface area contributed by atoms with Crippen LogP contribution in [0.5, 0.6) is 34.5 Å². The molecule has 172 valence electrons. The summed E-state index contributed by atoms with van der Waals surface area (Å²) in [5, 5.41) is 80.6. The van der Waals surface area contributed by atoms with E-state index < -0.39 is 93.6 Å². The molecule has 0 amide bonds. The number of hydrogen-bond donors (Lipinski definition) is 8. The van der Waals surface area contributed by atoms with Crippen LogP contribution < -0.4 is 0 Å². The first kappa shape index (κ1) is 22.8. The summed E-state index contributed by atoms with van der Waals surface area (Å²) in [4.78, 5) is 25.7. The van der Waals surface area contributed by atoms with Crippen LogP contribution in [0.15, 0.2) is 12.1 Å². The van der Waals surface area contributed by atoms with Crippen LogP contribution >= 0.6 is 0 Å². The first-order chi connectivity index (χ1) is 15.0. The molecule has 3 rings (SSSR count). The van der Waals surface area contributed by atoms with E-state index in [0.29, 0.717) is 12.1 Å². The Bertz CT molecular complexity index is 1100. The predicted molar refractivity (Wildman–Crippen MR) is 104 cm³/mol. The molecule has 0 bridgehead atoms. The first-order valence-corrected chi connectivity index (χ1v) is 9.24. The lowest BCUT2D eigenvalue weighted by Gasteiger charge is -2.33. The topological polar surface area (TPSA) is 214 Å². The van der Waals surface area contributed by atoms with Crippen molar-refractivity contribution < 1.29 is 59.9 Å². The van der Waals surface area contributed by atoms with Gasteiger partial charge in [-0.1, -0.05) is 6.92 Å². The zero-order chi connectivity index (χ0) is 24.0. The SMILES string of the molecule is CCC(O)(CO)[C@@H]1COC(=O)c2cc(O)c(O)c(O)c2-c2c(cc(O)c(O)c2O)C(=O)O1. The maximum absolute atomic E-state index is 12.9. The van der Waals surface area contributed by atoms with Crippen LogP contribution in [0.1, 0.15) is 34.1 Å². The van der Waals surface area contributed by atoms with Gasteiger partial charge >= 0.3 is 11.9 Å². The highest BCUT2D eigenvalue weighted by molar-refractivity contribution is 6.08. The van der Waals surface area contributed by atoms with Gasteiger partial charge in [0.15, 0.2) is 29.1 Å². The molecular formula is C20H20O12. The van der Waals surface area contributed by atoms with Crippen molar-refractivity contribution in [3.8, 4) is 45.6 Å². The summed E-state index contributed by atoms with van der Waals surface area (Å²) in [7, 11) is 0. The van der Waals surface area contributed by atoms with Gasteiger partial charge in [-0.3, -0.25) is 0 Å². The Kier molecular flexibility index (Phi) is 5.68. The number of fused-ring (bicyclic) bond motifs is 3. The van der Waals surface area contributed by atoms with Crippen molar-refractivity contribution in [2.45, 2.75) is 25.0 Å². The molecule has 8 N–H and O–H groups in total. The highest BCUT2D eigenvalue weighted by Crippen LogP contribution is 2.52. The normalized spacial score (nSPS) is 18.0. The van der Waals surface area contributed by atoms with Crippen LogP contribution in [0, 0.1) is 0 Å². The molecule has 2 aromatic carbocycles. The summed E-state index contributed by atoms with van der Waals surface area (Å²) in [5.74, 6) is -9.03. The molecule has 0 saturated heterocycles. The Morgan fingerprint density at radius 2 is 1.34 bits per heavy atom. The number of esters is 2. The van der Waals surface area contributed by atoms with E-state index in [1.807, 2.05) is 0 Å². The van der Waals surface area contributed by atoms with Crippen molar-refractivity contribution in [3.63, 3.8) is 0 Å². The molecule has 12 heteroatoms. The number of phenols is 6. The summed E-state index contributed by atoms with van der Waals surface area (Å²) in [5.41, 5.74) is -4.82. The quantitative estimate of drug-likeness (QED) is 0.235. The zero-order valence-electron chi connectivity index (χ0n) is 16.6. The lowest BCUT2D eigenvalue weighted by atomic mass is 9.91. The minimum Gasteiger partial charge on any atom is -0.504 e. The third kappa shape index (κ3) is 3.44. The lowest BCUT2D eigenvalue weighted by molar-refractivity contribution is -0.128. The molecule has 2 aromatic rings. The number of carbonyl (C=O) groups excluding carboxylic acids is 2. The van der Waals surface area contributed by atoms with Gasteiger partial charge in [0.05, 0.1) is 17.7 Å². The van der Waals surface area contributed by atoms with Crippen LogP contribution in [-0.4, -0.2) is 77.7 Å². The summed E-state index contributed by atoms with van der Waals surface area (Å²) >= 11 is 0. The van der Waals surface area contributed by atoms with E-state index in [4.69, 9.17) is 9.47 Å². The maximum atomic E-state index is 12.9. The molecule has 12 nitrogen and oxygen atoms in total. The fourth-order valence-corrected chi connectivity index (χ4v) is 3.28. The number of aliphatic hydroxyl groups excluding tert-OH is 1. The zero-order valence-corrected chi connectivity index (χ0v) is 16.6. The van der Waals surface area contributed by atoms with Crippen molar-refractivity contribution in [1.29, 1.82) is 0 Å². The van der Waals surface area contributed by atoms with Crippen LogP contribution in [-0.2, 0) is 9.47 Å². The third-order valence-corrected chi connectivity index (χ3v) is 5.30. The molecule has 0 radical (unpaired) electrons. The van der Waals surface area contributed by atoms with E-state index >= 15 is 0 Å². The second-order valence-electron chi connectivity index (χ2n) is 7.14. The van der Waals surface area contributed by atoms with Crippen molar-refractivity contribution in [3.05, 3.63) is 23.3 Å². The van der Waals surface area contributed by atoms with E-state index in [0.717, 1.165) is 0 Å². The largest absolute Gasteiger partial charge is 0.504 e. The summed E-state index contributed by atoms with van der Waals surface area (Å²) in [6, 6.07) is 1.34.